The van der Waals surface area contributed by atoms with Crippen molar-refractivity contribution in [1.82, 2.24) is 9.55 Å². The van der Waals surface area contributed by atoms with Crippen molar-refractivity contribution >= 4 is 11.6 Å². The van der Waals surface area contributed by atoms with Crippen molar-refractivity contribution in [2.45, 2.75) is 25.8 Å². The molecule has 0 spiro atoms. The highest BCUT2D eigenvalue weighted by atomic mass is 35.5. The zero-order chi connectivity index (χ0) is 7.40. The minimum absolute atomic E-state index is 0.511. The Morgan fingerprint density at radius 1 is 1.70 bits per heavy atom. The van der Waals surface area contributed by atoms with Gasteiger partial charge in [-0.3, -0.25) is 0 Å². The molecule has 0 N–H and O–H groups in total. The molecule has 0 radical (unpaired) electrons. The molecule has 0 aromatic carbocycles. The van der Waals surface area contributed by atoms with Crippen molar-refractivity contribution < 1.29 is 0 Å². The van der Waals surface area contributed by atoms with Crippen LogP contribution in [0.5, 0.6) is 0 Å². The van der Waals surface area contributed by atoms with Gasteiger partial charge in [-0.1, -0.05) is 6.92 Å². The van der Waals surface area contributed by atoms with E-state index >= 15 is 0 Å². The predicted molar refractivity (Wildman–Crippen MR) is 42.1 cm³/mol. The third-order valence-electron chi connectivity index (χ3n) is 1.31. The van der Waals surface area contributed by atoms with Gasteiger partial charge in [0.1, 0.15) is 0 Å². The van der Waals surface area contributed by atoms with Gasteiger partial charge in [-0.05, 0) is 6.42 Å². The number of aromatic nitrogens is 2. The fourth-order valence-corrected chi connectivity index (χ4v) is 0.994. The van der Waals surface area contributed by atoms with Crippen LogP contribution in [0.25, 0.3) is 0 Å². The molecule has 0 saturated heterocycles. The minimum Gasteiger partial charge on any atom is -0.337 e. The van der Waals surface area contributed by atoms with Gasteiger partial charge in [0.25, 0.3) is 0 Å². The van der Waals surface area contributed by atoms with Crippen LogP contribution in [0.3, 0.4) is 0 Å². The summed E-state index contributed by atoms with van der Waals surface area (Å²) in [7, 11) is 0. The van der Waals surface area contributed by atoms with E-state index in [1.165, 1.54) is 0 Å². The van der Waals surface area contributed by atoms with Crippen LogP contribution in [0.1, 0.15) is 19.0 Å². The van der Waals surface area contributed by atoms with E-state index in [2.05, 4.69) is 16.5 Å². The van der Waals surface area contributed by atoms with Crippen molar-refractivity contribution in [3.05, 3.63) is 18.2 Å². The number of rotatable bonds is 3. The van der Waals surface area contributed by atoms with Crippen molar-refractivity contribution in [2.24, 2.45) is 0 Å². The Morgan fingerprint density at radius 2 is 2.50 bits per heavy atom. The van der Waals surface area contributed by atoms with E-state index in [0.29, 0.717) is 5.88 Å². The molecule has 0 aliphatic rings. The average Bonchev–Trinajstić information content (AvgIpc) is 2.37. The zero-order valence-corrected chi connectivity index (χ0v) is 6.80. The molecule has 0 amide bonds. The predicted octanol–water partition coefficient (Wildman–Crippen LogP) is 2.03. The topological polar surface area (TPSA) is 17.8 Å². The molecule has 10 heavy (non-hydrogen) atoms. The summed E-state index contributed by atoms with van der Waals surface area (Å²) in [6.07, 6.45) is 4.94. The summed E-state index contributed by atoms with van der Waals surface area (Å²) in [6.45, 7) is 3.17. The largest absolute Gasteiger partial charge is 0.337 e. The molecule has 0 aliphatic heterocycles. The normalized spacial score (nSPS) is 10.2. The van der Waals surface area contributed by atoms with Crippen LogP contribution >= 0.6 is 11.6 Å². The molecule has 1 aromatic heterocycles. The van der Waals surface area contributed by atoms with E-state index < -0.39 is 0 Å². The van der Waals surface area contributed by atoms with Crippen LogP contribution < -0.4 is 0 Å². The average molecular weight is 159 g/mol. The lowest BCUT2D eigenvalue weighted by molar-refractivity contribution is 0.678. The number of hydrogen-bond donors (Lipinski definition) is 0. The first kappa shape index (κ1) is 7.61. The molecular weight excluding hydrogens is 148 g/mol. The minimum atomic E-state index is 0.511. The van der Waals surface area contributed by atoms with Gasteiger partial charge in [0.2, 0.25) is 0 Å². The SMILES string of the molecule is CCCn1cnc(CCl)c1. The second-order valence-corrected chi connectivity index (χ2v) is 2.50. The molecule has 0 atom stereocenters. The van der Waals surface area contributed by atoms with E-state index in [1.54, 1.807) is 0 Å². The first-order chi connectivity index (χ1) is 4.86. The monoisotopic (exact) mass is 158 g/mol. The number of hydrogen-bond acceptors (Lipinski definition) is 1. The fraction of sp³-hybridized carbons (Fsp3) is 0.571. The summed E-state index contributed by atoms with van der Waals surface area (Å²) in [4.78, 5) is 4.08. The van der Waals surface area contributed by atoms with Gasteiger partial charge in [-0.15, -0.1) is 11.6 Å². The lowest BCUT2D eigenvalue weighted by Crippen LogP contribution is -1.90. The van der Waals surface area contributed by atoms with Gasteiger partial charge in [-0.2, -0.15) is 0 Å². The highest BCUT2D eigenvalue weighted by Crippen LogP contribution is 2.00. The summed E-state index contributed by atoms with van der Waals surface area (Å²) in [5, 5.41) is 0. The Morgan fingerprint density at radius 3 is 3.00 bits per heavy atom. The second kappa shape index (κ2) is 3.62. The number of imidazole rings is 1. The van der Waals surface area contributed by atoms with Crippen LogP contribution in [-0.4, -0.2) is 9.55 Å². The van der Waals surface area contributed by atoms with E-state index in [9.17, 15) is 0 Å². The van der Waals surface area contributed by atoms with Gasteiger partial charge in [-0.25, -0.2) is 4.98 Å². The summed E-state index contributed by atoms with van der Waals surface area (Å²) < 4.78 is 2.05. The van der Waals surface area contributed by atoms with Crippen molar-refractivity contribution in [2.75, 3.05) is 0 Å². The first-order valence-electron chi connectivity index (χ1n) is 3.43. The Bertz CT molecular complexity index is 195. The molecule has 0 unspecified atom stereocenters. The van der Waals surface area contributed by atoms with Crippen LogP contribution in [0.2, 0.25) is 0 Å². The molecule has 0 saturated carbocycles. The molecular formula is C7H11ClN2. The van der Waals surface area contributed by atoms with Crippen molar-refractivity contribution in [3.63, 3.8) is 0 Å². The second-order valence-electron chi connectivity index (χ2n) is 2.24. The molecule has 1 rings (SSSR count). The molecule has 1 aromatic rings. The maximum atomic E-state index is 5.56. The van der Waals surface area contributed by atoms with E-state index in [1.807, 2.05) is 12.5 Å². The quantitative estimate of drug-likeness (QED) is 0.616. The highest BCUT2D eigenvalue weighted by molar-refractivity contribution is 6.16. The summed E-state index contributed by atoms with van der Waals surface area (Å²) >= 11 is 5.56. The standard InChI is InChI=1S/C7H11ClN2/c1-2-3-10-5-7(4-8)9-6-10/h5-6H,2-4H2,1H3. The maximum Gasteiger partial charge on any atom is 0.0949 e. The van der Waals surface area contributed by atoms with Crippen LogP contribution in [0.15, 0.2) is 12.5 Å². The van der Waals surface area contributed by atoms with E-state index in [0.717, 1.165) is 18.7 Å². The zero-order valence-electron chi connectivity index (χ0n) is 6.05. The smallest absolute Gasteiger partial charge is 0.0949 e. The molecule has 56 valence electrons. The Balaban J connectivity index is 2.59. The number of alkyl halides is 1. The summed E-state index contributed by atoms with van der Waals surface area (Å²) in [5.41, 5.74) is 0.954. The van der Waals surface area contributed by atoms with Gasteiger partial charge < -0.3 is 4.57 Å². The maximum absolute atomic E-state index is 5.56. The Hall–Kier alpha value is -0.500. The van der Waals surface area contributed by atoms with E-state index in [-0.39, 0.29) is 0 Å². The van der Waals surface area contributed by atoms with Crippen LogP contribution in [-0.2, 0) is 12.4 Å². The Kier molecular flexibility index (Phi) is 2.75. The molecule has 2 nitrogen and oxygen atoms in total. The summed E-state index contributed by atoms with van der Waals surface area (Å²) in [5.74, 6) is 0.511. The molecule has 1 heterocycles. The third kappa shape index (κ3) is 1.74. The lowest BCUT2D eigenvalue weighted by atomic mass is 10.5. The lowest BCUT2D eigenvalue weighted by Gasteiger charge is -1.94. The number of aryl methyl sites for hydroxylation is 1. The van der Waals surface area contributed by atoms with Gasteiger partial charge in [0, 0.05) is 12.7 Å². The van der Waals surface area contributed by atoms with Crippen LogP contribution in [0, 0.1) is 0 Å². The van der Waals surface area contributed by atoms with Crippen molar-refractivity contribution in [3.8, 4) is 0 Å². The molecule has 0 aliphatic carbocycles. The summed E-state index contributed by atoms with van der Waals surface area (Å²) in [6, 6.07) is 0. The molecule has 3 heteroatoms. The van der Waals surface area contributed by atoms with E-state index in [4.69, 9.17) is 11.6 Å². The van der Waals surface area contributed by atoms with Gasteiger partial charge in [0.15, 0.2) is 0 Å². The number of nitrogens with zero attached hydrogens (tertiary/aromatic N) is 2. The first-order valence-corrected chi connectivity index (χ1v) is 3.97. The van der Waals surface area contributed by atoms with Gasteiger partial charge >= 0.3 is 0 Å². The molecule has 0 bridgehead atoms. The fourth-order valence-electron chi connectivity index (χ4n) is 0.856. The third-order valence-corrected chi connectivity index (χ3v) is 1.58. The number of halogens is 1. The van der Waals surface area contributed by atoms with Crippen LogP contribution in [0.4, 0.5) is 0 Å². The molecule has 0 fully saturated rings. The highest BCUT2D eigenvalue weighted by Gasteiger charge is 1.93. The van der Waals surface area contributed by atoms with Gasteiger partial charge in [0.05, 0.1) is 17.9 Å². The Labute approximate surface area is 65.8 Å². The van der Waals surface area contributed by atoms with Crippen molar-refractivity contribution in [1.29, 1.82) is 0 Å².